The van der Waals surface area contributed by atoms with Crippen LogP contribution in [0.5, 0.6) is 0 Å². The number of hydrogen-bond acceptors (Lipinski definition) is 0. The maximum Gasteiger partial charge on any atom is 0.106 e. The summed E-state index contributed by atoms with van der Waals surface area (Å²) < 4.78 is 0. The third-order valence-electron chi connectivity index (χ3n) is 5.43. The first-order valence-corrected chi connectivity index (χ1v) is 8.53. The summed E-state index contributed by atoms with van der Waals surface area (Å²) in [6.07, 6.45) is 7.47. The fraction of sp³-hybridized carbons (Fsp3) is 0.750. The maximum atomic E-state index is 4.51. The van der Waals surface area contributed by atoms with E-state index in [1.807, 2.05) is 0 Å². The standard InChI is InChI=1S/C20H35/c1-8-10-16(5)20(13-17(6)15(4)9-2)18(7)19-11-14(3)12-19/h14,16,19-20H,2,7-13H2,1,3-6H3/q+1. The molecule has 0 N–H and O–H groups in total. The van der Waals surface area contributed by atoms with Crippen molar-refractivity contribution < 1.29 is 0 Å². The zero-order valence-corrected chi connectivity index (χ0v) is 14.5. The van der Waals surface area contributed by atoms with E-state index < -0.39 is 0 Å². The van der Waals surface area contributed by atoms with Gasteiger partial charge in [0.05, 0.1) is 6.92 Å². The second-order valence-corrected chi connectivity index (χ2v) is 7.24. The van der Waals surface area contributed by atoms with Crippen LogP contribution in [-0.4, -0.2) is 0 Å². The third kappa shape index (κ3) is 4.43. The van der Waals surface area contributed by atoms with Crippen molar-refractivity contribution in [2.45, 2.75) is 73.1 Å². The largest absolute Gasteiger partial charge is 0.106 e. The van der Waals surface area contributed by atoms with Crippen molar-refractivity contribution >= 4 is 0 Å². The molecule has 0 aromatic heterocycles. The van der Waals surface area contributed by atoms with E-state index in [0.29, 0.717) is 5.92 Å². The fourth-order valence-electron chi connectivity index (χ4n) is 3.58. The fourth-order valence-corrected chi connectivity index (χ4v) is 3.58. The summed E-state index contributed by atoms with van der Waals surface area (Å²) in [5, 5.41) is 0. The highest BCUT2D eigenvalue weighted by Gasteiger charge is 2.33. The lowest BCUT2D eigenvalue weighted by Crippen LogP contribution is -2.28. The Morgan fingerprint density at radius 3 is 2.30 bits per heavy atom. The topological polar surface area (TPSA) is 0 Å². The Bertz CT molecular complexity index is 341. The summed E-state index contributed by atoms with van der Waals surface area (Å²) in [5.41, 5.74) is 4.55. The van der Waals surface area contributed by atoms with Gasteiger partial charge in [0, 0.05) is 0 Å². The molecule has 1 aliphatic carbocycles. The SMILES string of the molecule is C=C(C1CC(C)C1)C(CC(C)=C(C)C[CH2+])C(C)CCC. The van der Waals surface area contributed by atoms with E-state index in [9.17, 15) is 0 Å². The van der Waals surface area contributed by atoms with Crippen LogP contribution in [0.1, 0.15) is 73.1 Å². The van der Waals surface area contributed by atoms with E-state index in [-0.39, 0.29) is 0 Å². The molecule has 1 aliphatic rings. The van der Waals surface area contributed by atoms with Crippen molar-refractivity contribution in [3.63, 3.8) is 0 Å². The van der Waals surface area contributed by atoms with Crippen LogP contribution in [0.15, 0.2) is 23.3 Å². The first-order valence-electron chi connectivity index (χ1n) is 8.53. The molecule has 0 radical (unpaired) electrons. The minimum Gasteiger partial charge on any atom is -0.0993 e. The first-order chi connectivity index (χ1) is 9.40. The predicted molar refractivity (Wildman–Crippen MR) is 91.6 cm³/mol. The molecule has 0 aromatic rings. The summed E-state index contributed by atoms with van der Waals surface area (Å²) in [5.74, 6) is 3.14. The zero-order chi connectivity index (χ0) is 15.3. The van der Waals surface area contributed by atoms with Crippen LogP contribution in [-0.2, 0) is 0 Å². The van der Waals surface area contributed by atoms with Gasteiger partial charge in [-0.2, -0.15) is 0 Å². The normalized spacial score (nSPS) is 26.4. The monoisotopic (exact) mass is 275 g/mol. The van der Waals surface area contributed by atoms with E-state index in [1.54, 1.807) is 11.1 Å². The van der Waals surface area contributed by atoms with Gasteiger partial charge >= 0.3 is 0 Å². The highest BCUT2D eigenvalue weighted by atomic mass is 14.4. The molecule has 1 rings (SSSR count). The molecule has 20 heavy (non-hydrogen) atoms. The average Bonchev–Trinajstić information content (AvgIpc) is 2.39. The Hall–Kier alpha value is -0.650. The van der Waals surface area contributed by atoms with Crippen LogP contribution in [0.2, 0.25) is 0 Å². The second-order valence-electron chi connectivity index (χ2n) is 7.24. The van der Waals surface area contributed by atoms with E-state index >= 15 is 0 Å². The minimum atomic E-state index is 0.675. The van der Waals surface area contributed by atoms with Gasteiger partial charge in [0.1, 0.15) is 6.42 Å². The molecule has 0 aliphatic heterocycles. The lowest BCUT2D eigenvalue weighted by molar-refractivity contribution is 0.216. The smallest absolute Gasteiger partial charge is 0.0993 e. The van der Waals surface area contributed by atoms with Gasteiger partial charge in [-0.1, -0.05) is 51.3 Å². The Morgan fingerprint density at radius 1 is 1.25 bits per heavy atom. The van der Waals surface area contributed by atoms with Gasteiger partial charge in [0.2, 0.25) is 0 Å². The molecular formula is C20H35+. The molecule has 0 amide bonds. The summed E-state index contributed by atoms with van der Waals surface area (Å²) >= 11 is 0. The number of rotatable bonds is 8. The van der Waals surface area contributed by atoms with Crippen LogP contribution in [0.4, 0.5) is 0 Å². The molecule has 0 saturated heterocycles. The zero-order valence-electron chi connectivity index (χ0n) is 14.5. The molecule has 0 nitrogen and oxygen atoms in total. The van der Waals surface area contributed by atoms with Gasteiger partial charge in [0.15, 0.2) is 0 Å². The first kappa shape index (κ1) is 17.4. The van der Waals surface area contributed by atoms with Gasteiger partial charge in [-0.05, 0) is 62.4 Å². The molecule has 1 fully saturated rings. The molecule has 0 aromatic carbocycles. The van der Waals surface area contributed by atoms with Crippen LogP contribution in [0.25, 0.3) is 0 Å². The van der Waals surface area contributed by atoms with Gasteiger partial charge in [0.25, 0.3) is 0 Å². The lowest BCUT2D eigenvalue weighted by atomic mass is 9.66. The van der Waals surface area contributed by atoms with Crippen molar-refractivity contribution in [3.05, 3.63) is 30.2 Å². The van der Waals surface area contributed by atoms with Gasteiger partial charge < -0.3 is 0 Å². The Balaban J connectivity index is 2.77. The van der Waals surface area contributed by atoms with Gasteiger partial charge in [-0.3, -0.25) is 0 Å². The molecule has 114 valence electrons. The molecule has 2 unspecified atom stereocenters. The third-order valence-corrected chi connectivity index (χ3v) is 5.43. The summed E-state index contributed by atoms with van der Waals surface area (Å²) in [6, 6.07) is 0. The van der Waals surface area contributed by atoms with Crippen LogP contribution in [0.3, 0.4) is 0 Å². The highest BCUT2D eigenvalue weighted by molar-refractivity contribution is 5.18. The minimum absolute atomic E-state index is 0.675. The van der Waals surface area contributed by atoms with E-state index in [4.69, 9.17) is 0 Å². The molecular weight excluding hydrogens is 240 g/mol. The maximum absolute atomic E-state index is 4.51. The van der Waals surface area contributed by atoms with Crippen molar-refractivity contribution in [2.75, 3.05) is 0 Å². The van der Waals surface area contributed by atoms with Crippen molar-refractivity contribution in [1.82, 2.24) is 0 Å². The van der Waals surface area contributed by atoms with E-state index in [0.717, 1.165) is 24.2 Å². The van der Waals surface area contributed by atoms with Gasteiger partial charge in [-0.15, -0.1) is 0 Å². The molecule has 0 heteroatoms. The van der Waals surface area contributed by atoms with Gasteiger partial charge in [-0.25, -0.2) is 0 Å². The Morgan fingerprint density at radius 2 is 1.85 bits per heavy atom. The van der Waals surface area contributed by atoms with Crippen molar-refractivity contribution in [1.29, 1.82) is 0 Å². The molecule has 0 spiro atoms. The van der Waals surface area contributed by atoms with Crippen molar-refractivity contribution in [2.24, 2.45) is 23.7 Å². The average molecular weight is 276 g/mol. The molecule has 1 saturated carbocycles. The molecule has 2 atom stereocenters. The predicted octanol–water partition coefficient (Wildman–Crippen LogP) is 6.59. The quantitative estimate of drug-likeness (QED) is 0.346. The van der Waals surface area contributed by atoms with E-state index in [2.05, 4.69) is 48.1 Å². The number of hydrogen-bond donors (Lipinski definition) is 0. The lowest BCUT2D eigenvalue weighted by Gasteiger charge is -2.39. The highest BCUT2D eigenvalue weighted by Crippen LogP contribution is 2.44. The molecule has 0 bridgehead atoms. The molecule has 0 heterocycles. The number of allylic oxidation sites excluding steroid dienone is 3. The van der Waals surface area contributed by atoms with Crippen LogP contribution < -0.4 is 0 Å². The summed E-state index contributed by atoms with van der Waals surface area (Å²) in [4.78, 5) is 0. The summed E-state index contributed by atoms with van der Waals surface area (Å²) in [6.45, 7) is 20.2. The summed E-state index contributed by atoms with van der Waals surface area (Å²) in [7, 11) is 0. The van der Waals surface area contributed by atoms with E-state index in [1.165, 1.54) is 37.7 Å². The van der Waals surface area contributed by atoms with Crippen LogP contribution in [0, 0.1) is 30.6 Å². The van der Waals surface area contributed by atoms with Crippen molar-refractivity contribution in [3.8, 4) is 0 Å². The Labute approximate surface area is 127 Å². The second kappa shape index (κ2) is 7.96. The Kier molecular flexibility index (Phi) is 6.92. The van der Waals surface area contributed by atoms with Crippen LogP contribution >= 0.6 is 0 Å².